The summed E-state index contributed by atoms with van der Waals surface area (Å²) in [6, 6.07) is 6.40. The van der Waals surface area contributed by atoms with Gasteiger partial charge in [-0.15, -0.1) is 11.3 Å². The van der Waals surface area contributed by atoms with Crippen molar-refractivity contribution in [2.45, 2.75) is 32.3 Å². The lowest BCUT2D eigenvalue weighted by atomic mass is 10.0. The smallest absolute Gasteiger partial charge is 0.340 e. The van der Waals surface area contributed by atoms with Crippen LogP contribution in [0.15, 0.2) is 33.5 Å². The zero-order valence-electron chi connectivity index (χ0n) is 13.6. The number of aromatic nitrogens is 2. The predicted octanol–water partition coefficient (Wildman–Crippen LogP) is 4.41. The molecule has 3 aromatic rings. The molecule has 2 heterocycles. The number of esters is 1. The Kier molecular flexibility index (Phi) is 4.86. The Balaban J connectivity index is 1.59. The van der Waals surface area contributed by atoms with Crippen LogP contribution in [0.2, 0.25) is 5.02 Å². The number of aryl methyl sites for hydroxylation is 2. The summed E-state index contributed by atoms with van der Waals surface area (Å²) in [6.07, 6.45) is 4.14. The molecule has 0 saturated carbocycles. The minimum absolute atomic E-state index is 0.0734. The average molecular weight is 454 g/mol. The molecule has 2 aromatic heterocycles. The molecule has 0 unspecified atom stereocenters. The Labute approximate surface area is 166 Å². The van der Waals surface area contributed by atoms with Gasteiger partial charge >= 0.3 is 5.97 Å². The van der Waals surface area contributed by atoms with Crippen molar-refractivity contribution < 1.29 is 9.53 Å². The number of fused-ring (bicyclic) bond motifs is 3. The van der Waals surface area contributed by atoms with Crippen LogP contribution in [-0.4, -0.2) is 15.4 Å². The molecule has 0 spiro atoms. The van der Waals surface area contributed by atoms with E-state index in [1.54, 1.807) is 33.9 Å². The fraction of sp³-hybridized carbons (Fsp3) is 0.278. The molecule has 0 bridgehead atoms. The number of thiazole rings is 1. The third-order valence-electron chi connectivity index (χ3n) is 4.31. The molecule has 0 fully saturated rings. The minimum atomic E-state index is -0.552. The van der Waals surface area contributed by atoms with E-state index in [4.69, 9.17) is 16.3 Å². The number of halogens is 2. The van der Waals surface area contributed by atoms with E-state index < -0.39 is 5.97 Å². The van der Waals surface area contributed by atoms with Gasteiger partial charge in [-0.3, -0.25) is 9.20 Å². The monoisotopic (exact) mass is 452 g/mol. The van der Waals surface area contributed by atoms with Crippen molar-refractivity contribution in [2.75, 3.05) is 0 Å². The van der Waals surface area contributed by atoms with Crippen molar-refractivity contribution in [1.29, 1.82) is 0 Å². The second-order valence-electron chi connectivity index (χ2n) is 6.08. The molecule has 0 radical (unpaired) electrons. The molecule has 0 amide bonds. The molecule has 4 rings (SSSR count). The van der Waals surface area contributed by atoms with Crippen molar-refractivity contribution in [3.63, 3.8) is 0 Å². The summed E-state index contributed by atoms with van der Waals surface area (Å²) < 4.78 is 7.73. The molecular formula is C18H14BrClN2O3S. The van der Waals surface area contributed by atoms with Gasteiger partial charge < -0.3 is 4.74 Å². The first kappa shape index (κ1) is 17.7. The van der Waals surface area contributed by atoms with Gasteiger partial charge in [0.2, 0.25) is 0 Å². The second-order valence-corrected chi connectivity index (χ2v) is 8.47. The molecule has 134 valence electrons. The van der Waals surface area contributed by atoms with Crippen LogP contribution in [0.4, 0.5) is 0 Å². The van der Waals surface area contributed by atoms with E-state index >= 15 is 0 Å². The third kappa shape index (κ3) is 3.31. The van der Waals surface area contributed by atoms with Gasteiger partial charge in [0, 0.05) is 21.1 Å². The molecule has 8 heteroatoms. The largest absolute Gasteiger partial charge is 0.456 e. The van der Waals surface area contributed by atoms with Crippen molar-refractivity contribution >= 4 is 49.8 Å². The van der Waals surface area contributed by atoms with Gasteiger partial charge in [-0.05, 0) is 43.9 Å². The lowest BCUT2D eigenvalue weighted by molar-refractivity contribution is 0.0468. The van der Waals surface area contributed by atoms with E-state index in [0.29, 0.717) is 15.7 Å². The first-order valence-electron chi connectivity index (χ1n) is 8.18. The van der Waals surface area contributed by atoms with Crippen LogP contribution in [0.3, 0.4) is 0 Å². The van der Waals surface area contributed by atoms with E-state index in [2.05, 4.69) is 20.9 Å². The summed E-state index contributed by atoms with van der Waals surface area (Å²) in [6.45, 7) is -0.0734. The van der Waals surface area contributed by atoms with E-state index in [1.165, 1.54) is 10.9 Å². The predicted molar refractivity (Wildman–Crippen MR) is 104 cm³/mol. The minimum Gasteiger partial charge on any atom is -0.456 e. The van der Waals surface area contributed by atoms with Gasteiger partial charge in [0.15, 0.2) is 4.96 Å². The maximum absolute atomic E-state index is 12.5. The number of hydrogen-bond acceptors (Lipinski definition) is 5. The van der Waals surface area contributed by atoms with E-state index in [-0.39, 0.29) is 17.7 Å². The summed E-state index contributed by atoms with van der Waals surface area (Å²) in [5, 5.41) is 0.313. The number of benzene rings is 1. The normalized spacial score (nSPS) is 13.6. The molecule has 1 aromatic carbocycles. The number of nitrogens with zero attached hydrogens (tertiary/aromatic N) is 2. The van der Waals surface area contributed by atoms with Gasteiger partial charge in [-0.1, -0.05) is 27.5 Å². The second kappa shape index (κ2) is 7.13. The zero-order chi connectivity index (χ0) is 18.3. The summed E-state index contributed by atoms with van der Waals surface area (Å²) in [5.74, 6) is -0.552. The Morgan fingerprint density at radius 3 is 2.96 bits per heavy atom. The first-order valence-corrected chi connectivity index (χ1v) is 10.2. The molecule has 1 aliphatic carbocycles. The van der Waals surface area contributed by atoms with Gasteiger partial charge in [0.1, 0.15) is 6.61 Å². The van der Waals surface area contributed by atoms with Crippen molar-refractivity contribution in [1.82, 2.24) is 9.38 Å². The standard InChI is InChI=1S/C18H14BrClN2O3S/c19-10-5-6-13(20)12(7-10)17(24)25-9-11-8-16(23)22-14-3-1-2-4-15(14)26-18(22)21-11/h5-8H,1-4,9H2. The molecule has 0 saturated heterocycles. The van der Waals surface area contributed by atoms with Crippen molar-refractivity contribution in [3.05, 3.63) is 65.9 Å². The topological polar surface area (TPSA) is 60.7 Å². The maximum atomic E-state index is 12.5. The fourth-order valence-corrected chi connectivity index (χ4v) is 4.87. The van der Waals surface area contributed by atoms with E-state index in [9.17, 15) is 9.59 Å². The highest BCUT2D eigenvalue weighted by molar-refractivity contribution is 9.10. The number of hydrogen-bond donors (Lipinski definition) is 0. The van der Waals surface area contributed by atoms with E-state index in [0.717, 1.165) is 35.8 Å². The Hall–Kier alpha value is -1.70. The molecular weight excluding hydrogens is 440 g/mol. The van der Waals surface area contributed by atoms with Crippen molar-refractivity contribution in [2.24, 2.45) is 0 Å². The quantitative estimate of drug-likeness (QED) is 0.551. The lowest BCUT2D eigenvalue weighted by Gasteiger charge is -2.10. The SMILES string of the molecule is O=C(OCc1cc(=O)n2c3c(sc2n1)CCCC3)c1cc(Br)ccc1Cl. The molecule has 1 aliphatic rings. The number of rotatable bonds is 3. The summed E-state index contributed by atoms with van der Waals surface area (Å²) in [4.78, 5) is 31.2. The van der Waals surface area contributed by atoms with Gasteiger partial charge in [-0.2, -0.15) is 0 Å². The molecule has 0 atom stereocenters. The summed E-state index contributed by atoms with van der Waals surface area (Å²) in [5.41, 5.74) is 1.66. The highest BCUT2D eigenvalue weighted by Gasteiger charge is 2.19. The Morgan fingerprint density at radius 2 is 2.12 bits per heavy atom. The molecule has 0 aliphatic heterocycles. The summed E-state index contributed by atoms with van der Waals surface area (Å²) >= 11 is 10.9. The van der Waals surface area contributed by atoms with Gasteiger partial charge in [-0.25, -0.2) is 9.78 Å². The Morgan fingerprint density at radius 1 is 1.31 bits per heavy atom. The van der Waals surface area contributed by atoms with Crippen molar-refractivity contribution in [3.8, 4) is 0 Å². The van der Waals surface area contributed by atoms with Crippen LogP contribution in [0.25, 0.3) is 4.96 Å². The highest BCUT2D eigenvalue weighted by atomic mass is 79.9. The van der Waals surface area contributed by atoms with Crippen LogP contribution >= 0.6 is 38.9 Å². The fourth-order valence-electron chi connectivity index (χ4n) is 3.09. The van der Waals surface area contributed by atoms with Gasteiger partial charge in [0.25, 0.3) is 5.56 Å². The maximum Gasteiger partial charge on any atom is 0.340 e. The zero-order valence-corrected chi connectivity index (χ0v) is 16.8. The number of carbonyl (C=O) groups excluding carboxylic acids is 1. The third-order valence-corrected chi connectivity index (χ3v) is 6.28. The highest BCUT2D eigenvalue weighted by Crippen LogP contribution is 2.28. The van der Waals surface area contributed by atoms with Crippen LogP contribution in [-0.2, 0) is 24.2 Å². The average Bonchev–Trinajstić information content (AvgIpc) is 3.00. The van der Waals surface area contributed by atoms with E-state index in [1.807, 2.05) is 0 Å². The Bertz CT molecular complexity index is 1080. The summed E-state index contributed by atoms with van der Waals surface area (Å²) in [7, 11) is 0. The van der Waals surface area contributed by atoms with Crippen LogP contribution in [0, 0.1) is 0 Å². The van der Waals surface area contributed by atoms with Gasteiger partial charge in [0.05, 0.1) is 16.3 Å². The molecule has 0 N–H and O–H groups in total. The number of carbonyl (C=O) groups is 1. The van der Waals surface area contributed by atoms with Crippen LogP contribution in [0.5, 0.6) is 0 Å². The van der Waals surface area contributed by atoms with Crippen LogP contribution < -0.4 is 5.56 Å². The molecule has 5 nitrogen and oxygen atoms in total. The number of ether oxygens (including phenoxy) is 1. The lowest BCUT2D eigenvalue weighted by Crippen LogP contribution is -2.18. The molecule has 26 heavy (non-hydrogen) atoms. The van der Waals surface area contributed by atoms with Crippen LogP contribution in [0.1, 0.15) is 39.5 Å². The first-order chi connectivity index (χ1) is 12.5.